The maximum atomic E-state index is 13.9. The topological polar surface area (TPSA) is 54.2 Å². The zero-order valence-electron chi connectivity index (χ0n) is 11.0. The number of thioether (sulfide) groups is 1. The van der Waals surface area contributed by atoms with Gasteiger partial charge >= 0.3 is 0 Å². The van der Waals surface area contributed by atoms with Gasteiger partial charge in [0.1, 0.15) is 0 Å². The number of nitrogen functional groups attached to an aromatic ring is 1. The summed E-state index contributed by atoms with van der Waals surface area (Å²) in [5, 5.41) is 0. The minimum Gasteiger partial charge on any atom is -0.353 e. The first-order valence-corrected chi connectivity index (χ1v) is 7.13. The molecule has 19 heavy (non-hydrogen) atoms. The van der Waals surface area contributed by atoms with Crippen LogP contribution in [0.1, 0.15) is 20.3 Å². The molecular weight excluding hydrogens is 270 g/mol. The Labute approximate surface area is 115 Å². The average molecular weight is 288 g/mol. The Kier molecular flexibility index (Phi) is 4.15. The zero-order chi connectivity index (χ0) is 14.0. The fourth-order valence-electron chi connectivity index (χ4n) is 2.01. The van der Waals surface area contributed by atoms with Crippen molar-refractivity contribution < 1.29 is 8.78 Å². The average Bonchev–Trinajstić information content (AvgIpc) is 2.51. The summed E-state index contributed by atoms with van der Waals surface area (Å²) in [6.07, 6.45) is 0.918. The van der Waals surface area contributed by atoms with Gasteiger partial charge in [-0.3, -0.25) is 0 Å². The first kappa shape index (κ1) is 14.3. The zero-order valence-corrected chi connectivity index (χ0v) is 11.9. The molecular formula is C12H18F2N4S. The molecule has 1 fully saturated rings. The van der Waals surface area contributed by atoms with Gasteiger partial charge in [-0.1, -0.05) is 13.8 Å². The van der Waals surface area contributed by atoms with Crippen LogP contribution in [0.4, 0.5) is 20.4 Å². The second-order valence-corrected chi connectivity index (χ2v) is 6.92. The van der Waals surface area contributed by atoms with Gasteiger partial charge in [-0.05, 0) is 6.42 Å². The number of nitrogens with two attached hydrogens (primary N) is 1. The minimum atomic E-state index is -0.784. The first-order chi connectivity index (χ1) is 8.93. The number of aromatic nitrogens is 1. The van der Waals surface area contributed by atoms with Crippen molar-refractivity contribution >= 4 is 23.4 Å². The van der Waals surface area contributed by atoms with Crippen molar-refractivity contribution in [3.63, 3.8) is 0 Å². The lowest BCUT2D eigenvalue weighted by atomic mass is 10.1. The van der Waals surface area contributed by atoms with Crippen molar-refractivity contribution in [1.82, 2.24) is 4.98 Å². The minimum absolute atomic E-state index is 0.132. The van der Waals surface area contributed by atoms with Gasteiger partial charge in [0.2, 0.25) is 0 Å². The highest BCUT2D eigenvalue weighted by molar-refractivity contribution is 8.00. The summed E-state index contributed by atoms with van der Waals surface area (Å²) in [5.74, 6) is 4.65. The molecule has 0 unspecified atom stereocenters. The second kappa shape index (κ2) is 5.50. The summed E-state index contributed by atoms with van der Waals surface area (Å²) in [5.41, 5.74) is 2.15. The highest BCUT2D eigenvalue weighted by atomic mass is 32.2. The molecule has 1 aromatic heterocycles. The summed E-state index contributed by atoms with van der Waals surface area (Å²) < 4.78 is 27.4. The molecule has 0 bridgehead atoms. The van der Waals surface area contributed by atoms with E-state index < -0.39 is 11.6 Å². The Morgan fingerprint density at radius 2 is 2.11 bits per heavy atom. The molecule has 0 radical (unpaired) electrons. The smallest absolute Gasteiger partial charge is 0.178 e. The third kappa shape index (κ3) is 3.27. The van der Waals surface area contributed by atoms with Crippen molar-refractivity contribution in [2.75, 3.05) is 29.2 Å². The van der Waals surface area contributed by atoms with Crippen molar-refractivity contribution in [1.29, 1.82) is 0 Å². The van der Waals surface area contributed by atoms with Crippen LogP contribution in [0.25, 0.3) is 0 Å². The molecule has 1 saturated heterocycles. The molecule has 4 nitrogen and oxygen atoms in total. The lowest BCUT2D eigenvalue weighted by Crippen LogP contribution is -2.29. The molecule has 2 rings (SSSR count). The van der Waals surface area contributed by atoms with Crippen molar-refractivity contribution in [3.8, 4) is 0 Å². The molecule has 0 aliphatic carbocycles. The van der Waals surface area contributed by atoms with E-state index in [4.69, 9.17) is 5.84 Å². The second-order valence-electron chi connectivity index (χ2n) is 5.11. The highest BCUT2D eigenvalue weighted by Gasteiger charge is 2.26. The van der Waals surface area contributed by atoms with Crippen molar-refractivity contribution in [3.05, 3.63) is 17.7 Å². The molecule has 0 amide bonds. The summed E-state index contributed by atoms with van der Waals surface area (Å²) in [6.45, 7) is 5.72. The van der Waals surface area contributed by atoms with E-state index in [1.807, 2.05) is 16.7 Å². The lowest BCUT2D eigenvalue weighted by Gasteiger charge is -2.24. The molecule has 1 aliphatic rings. The summed E-state index contributed by atoms with van der Waals surface area (Å²) in [4.78, 5) is 5.78. The number of anilines is 2. The summed E-state index contributed by atoms with van der Waals surface area (Å²) in [6, 6.07) is 0.820. The Morgan fingerprint density at radius 3 is 2.79 bits per heavy atom. The largest absolute Gasteiger partial charge is 0.353 e. The Hall–Kier alpha value is -1.08. The van der Waals surface area contributed by atoms with Crippen LogP contribution in [-0.4, -0.2) is 28.6 Å². The molecule has 106 valence electrons. The first-order valence-electron chi connectivity index (χ1n) is 6.14. The summed E-state index contributed by atoms with van der Waals surface area (Å²) >= 11 is 1.85. The molecule has 3 N–H and O–H groups in total. The number of nitrogens with zero attached hydrogens (tertiary/aromatic N) is 2. The van der Waals surface area contributed by atoms with E-state index in [0.717, 1.165) is 18.2 Å². The standard InChI is InChI=1S/C12H18F2N4S/c1-12(2)3-4-18(5-6-19-12)11-9(14)7-8(13)10(16-11)17-15/h7H,3-6,15H2,1-2H3,(H,16,17). The van der Waals surface area contributed by atoms with Gasteiger partial charge < -0.3 is 10.3 Å². The van der Waals surface area contributed by atoms with E-state index in [2.05, 4.69) is 24.3 Å². The summed E-state index contributed by atoms with van der Waals surface area (Å²) in [7, 11) is 0. The molecule has 0 spiro atoms. The van der Waals surface area contributed by atoms with Gasteiger partial charge in [0.15, 0.2) is 23.3 Å². The van der Waals surface area contributed by atoms with Crippen LogP contribution in [-0.2, 0) is 0 Å². The van der Waals surface area contributed by atoms with Crippen LogP contribution in [0.15, 0.2) is 6.07 Å². The maximum Gasteiger partial charge on any atom is 0.178 e. The SMILES string of the molecule is CC1(C)CCN(c2nc(NN)c(F)cc2F)CCS1. The normalized spacial score (nSPS) is 19.1. The van der Waals surface area contributed by atoms with Crippen LogP contribution < -0.4 is 16.2 Å². The molecule has 7 heteroatoms. The van der Waals surface area contributed by atoms with Crippen LogP contribution >= 0.6 is 11.8 Å². The van der Waals surface area contributed by atoms with Crippen molar-refractivity contribution in [2.24, 2.45) is 5.84 Å². The van der Waals surface area contributed by atoms with E-state index in [0.29, 0.717) is 13.1 Å². The predicted molar refractivity (Wildman–Crippen MR) is 75.3 cm³/mol. The number of nitrogens with one attached hydrogen (secondary N) is 1. The van der Waals surface area contributed by atoms with Gasteiger partial charge in [0.05, 0.1) is 0 Å². The molecule has 0 aromatic carbocycles. The fourth-order valence-corrected chi connectivity index (χ4v) is 3.11. The Balaban J connectivity index is 2.26. The Bertz CT molecular complexity index is 467. The maximum absolute atomic E-state index is 13.9. The molecule has 0 atom stereocenters. The number of hydrogen-bond donors (Lipinski definition) is 2. The highest BCUT2D eigenvalue weighted by Crippen LogP contribution is 2.33. The Morgan fingerprint density at radius 1 is 1.37 bits per heavy atom. The number of hydrogen-bond acceptors (Lipinski definition) is 5. The van der Waals surface area contributed by atoms with Crippen LogP contribution in [0, 0.1) is 11.6 Å². The molecule has 0 saturated carbocycles. The number of rotatable bonds is 2. The van der Waals surface area contributed by atoms with E-state index in [1.54, 1.807) is 0 Å². The number of halogens is 2. The van der Waals surface area contributed by atoms with E-state index in [1.165, 1.54) is 0 Å². The van der Waals surface area contributed by atoms with Crippen LogP contribution in [0.2, 0.25) is 0 Å². The quantitative estimate of drug-likeness (QED) is 0.646. The van der Waals surface area contributed by atoms with Gasteiger partial charge in [0, 0.05) is 29.7 Å². The van der Waals surface area contributed by atoms with Crippen LogP contribution in [0.5, 0.6) is 0 Å². The van der Waals surface area contributed by atoms with Crippen LogP contribution in [0.3, 0.4) is 0 Å². The lowest BCUT2D eigenvalue weighted by molar-refractivity contribution is 0.564. The van der Waals surface area contributed by atoms with Crippen molar-refractivity contribution in [2.45, 2.75) is 25.0 Å². The third-order valence-electron chi connectivity index (χ3n) is 3.19. The number of pyridine rings is 1. The molecule has 1 aliphatic heterocycles. The van der Waals surface area contributed by atoms with Gasteiger partial charge in [-0.2, -0.15) is 11.8 Å². The van der Waals surface area contributed by atoms with E-state index in [-0.39, 0.29) is 16.4 Å². The van der Waals surface area contributed by atoms with E-state index in [9.17, 15) is 8.78 Å². The fraction of sp³-hybridized carbons (Fsp3) is 0.583. The molecule has 2 heterocycles. The third-order valence-corrected chi connectivity index (χ3v) is 4.56. The van der Waals surface area contributed by atoms with E-state index >= 15 is 0 Å². The molecule has 1 aromatic rings. The van der Waals surface area contributed by atoms with Gasteiger partial charge in [-0.25, -0.2) is 19.6 Å². The number of hydrazine groups is 1. The predicted octanol–water partition coefficient (Wildman–Crippen LogP) is 2.37. The monoisotopic (exact) mass is 288 g/mol. The van der Waals surface area contributed by atoms with Gasteiger partial charge in [-0.15, -0.1) is 0 Å². The van der Waals surface area contributed by atoms with Gasteiger partial charge in [0.25, 0.3) is 0 Å².